The maximum Gasteiger partial charge on any atom is 0.164 e. The van der Waals surface area contributed by atoms with E-state index in [9.17, 15) is 0 Å². The van der Waals surface area contributed by atoms with Gasteiger partial charge in [0.15, 0.2) is 17.5 Å². The maximum atomic E-state index is 6.73. The number of aromatic nitrogens is 3. The Balaban J connectivity index is 1.14. The van der Waals surface area contributed by atoms with Crippen LogP contribution in [0.1, 0.15) is 22.3 Å². The van der Waals surface area contributed by atoms with Crippen LogP contribution in [-0.2, 0) is 5.41 Å². The summed E-state index contributed by atoms with van der Waals surface area (Å²) in [4.78, 5) is 15.7. The van der Waals surface area contributed by atoms with Crippen molar-refractivity contribution in [3.63, 3.8) is 0 Å². The summed E-state index contributed by atoms with van der Waals surface area (Å²) < 4.78 is 13.3. The second kappa shape index (κ2) is 13.3. The van der Waals surface area contributed by atoms with E-state index >= 15 is 0 Å². The molecule has 0 radical (unpaired) electrons. The highest BCUT2D eigenvalue weighted by Crippen LogP contribution is 2.61. The third-order valence-electron chi connectivity index (χ3n) is 11.0. The number of para-hydroxylation sites is 3. The first-order chi connectivity index (χ1) is 28.2. The first-order valence-electron chi connectivity index (χ1n) is 19.1. The van der Waals surface area contributed by atoms with Crippen LogP contribution in [0.3, 0.4) is 0 Å². The van der Waals surface area contributed by atoms with E-state index < -0.39 is 5.41 Å². The lowest BCUT2D eigenvalue weighted by molar-refractivity contribution is 0.399. The number of hydrogen-bond donors (Lipinski definition) is 0. The monoisotopic (exact) mass is 731 g/mol. The summed E-state index contributed by atoms with van der Waals surface area (Å²) in [5, 5.41) is 0. The molecule has 0 saturated heterocycles. The van der Waals surface area contributed by atoms with Crippen molar-refractivity contribution in [2.24, 2.45) is 0 Å². The number of nitrogens with zero attached hydrogens (tertiary/aromatic N) is 3. The Bertz CT molecular complexity index is 2780. The summed E-state index contributed by atoms with van der Waals surface area (Å²) in [6.07, 6.45) is 0. The van der Waals surface area contributed by atoms with Crippen LogP contribution in [0.15, 0.2) is 200 Å². The molecular weight excluding hydrogens is 699 g/mol. The lowest BCUT2D eigenvalue weighted by Gasteiger charge is -2.44. The standard InChI is InChI=1S/C52H33N3O2/c1-3-15-34(16-4-1)36-19-13-21-38(31-36)49-53-50(39-22-14-20-37(32-39)35-17-5-2-6-18-35)55-51(54-49)40-29-30-48-44(33-40)52(43-25-9-12-28-47(43)57-48)41-23-7-10-26-45(41)56-46-27-11-8-24-42(46)52/h1-33H. The van der Waals surface area contributed by atoms with Crippen molar-refractivity contribution in [2.75, 3.05) is 0 Å². The third-order valence-corrected chi connectivity index (χ3v) is 11.0. The quantitative estimate of drug-likeness (QED) is 0.176. The number of benzene rings is 8. The molecule has 2 aliphatic heterocycles. The van der Waals surface area contributed by atoms with Crippen molar-refractivity contribution in [1.29, 1.82) is 0 Å². The van der Waals surface area contributed by atoms with E-state index in [-0.39, 0.29) is 0 Å². The fourth-order valence-corrected chi connectivity index (χ4v) is 8.46. The molecule has 2 aliphatic rings. The summed E-state index contributed by atoms with van der Waals surface area (Å²) in [7, 11) is 0. The molecule has 3 heterocycles. The largest absolute Gasteiger partial charge is 0.457 e. The van der Waals surface area contributed by atoms with Gasteiger partial charge < -0.3 is 9.47 Å². The molecule has 0 fully saturated rings. The van der Waals surface area contributed by atoms with E-state index in [1.165, 1.54) is 0 Å². The zero-order valence-corrected chi connectivity index (χ0v) is 30.7. The molecule has 57 heavy (non-hydrogen) atoms. The van der Waals surface area contributed by atoms with E-state index in [2.05, 4.69) is 152 Å². The maximum absolute atomic E-state index is 6.73. The van der Waals surface area contributed by atoms with Gasteiger partial charge in [0.05, 0.1) is 5.41 Å². The minimum Gasteiger partial charge on any atom is -0.457 e. The van der Waals surface area contributed by atoms with Gasteiger partial charge in [0.25, 0.3) is 0 Å². The van der Waals surface area contributed by atoms with Crippen LogP contribution in [0.5, 0.6) is 23.0 Å². The van der Waals surface area contributed by atoms with Crippen molar-refractivity contribution in [3.8, 4) is 79.4 Å². The minimum atomic E-state index is -0.738. The minimum absolute atomic E-state index is 0.565. The van der Waals surface area contributed by atoms with Gasteiger partial charge in [-0.15, -0.1) is 0 Å². The van der Waals surface area contributed by atoms with Crippen LogP contribution in [0, 0.1) is 0 Å². The SMILES string of the molecule is c1ccc(-c2cccc(-c3nc(-c4cccc(-c5ccccc5)c4)nc(-c4ccc5c(c4)C4(c6ccccc6Oc6ccccc64)c4ccccc4O5)n3)c2)cc1. The van der Waals surface area contributed by atoms with E-state index in [0.717, 1.165) is 84.2 Å². The fraction of sp³-hybridized carbons (Fsp3) is 0.0192. The van der Waals surface area contributed by atoms with Crippen LogP contribution < -0.4 is 9.47 Å². The highest BCUT2D eigenvalue weighted by atomic mass is 16.5. The third kappa shape index (κ3) is 5.43. The lowest BCUT2D eigenvalue weighted by Crippen LogP contribution is -2.36. The molecule has 0 amide bonds. The van der Waals surface area contributed by atoms with Gasteiger partial charge in [-0.05, 0) is 70.8 Å². The molecule has 9 aromatic rings. The molecule has 0 aliphatic carbocycles. The van der Waals surface area contributed by atoms with Crippen molar-refractivity contribution in [3.05, 3.63) is 222 Å². The molecule has 5 heteroatoms. The Kier molecular flexibility index (Phi) is 7.64. The Hall–Kier alpha value is -7.63. The van der Waals surface area contributed by atoms with Crippen molar-refractivity contribution >= 4 is 0 Å². The van der Waals surface area contributed by atoms with E-state index in [1.54, 1.807) is 0 Å². The predicted octanol–water partition coefficient (Wildman–Crippen LogP) is 12.8. The summed E-state index contributed by atoms with van der Waals surface area (Å²) in [6.45, 7) is 0. The number of rotatable bonds is 5. The molecule has 1 aromatic heterocycles. The number of hydrogen-bond acceptors (Lipinski definition) is 5. The normalized spacial score (nSPS) is 13.0. The highest BCUT2D eigenvalue weighted by Gasteiger charge is 2.50. The molecule has 0 unspecified atom stereocenters. The first kappa shape index (κ1) is 32.8. The number of ether oxygens (including phenoxy) is 2. The van der Waals surface area contributed by atoms with Gasteiger partial charge in [-0.1, -0.05) is 152 Å². The van der Waals surface area contributed by atoms with Gasteiger partial charge in [-0.3, -0.25) is 0 Å². The summed E-state index contributed by atoms with van der Waals surface area (Å²) in [6, 6.07) is 68.9. The molecule has 0 bridgehead atoms. The lowest BCUT2D eigenvalue weighted by atomic mass is 9.62. The second-order valence-corrected chi connectivity index (χ2v) is 14.4. The van der Waals surface area contributed by atoms with Crippen molar-refractivity contribution < 1.29 is 9.47 Å². The molecule has 0 saturated carbocycles. The summed E-state index contributed by atoms with van der Waals surface area (Å²) in [5.74, 6) is 4.95. The van der Waals surface area contributed by atoms with Crippen LogP contribution in [0.25, 0.3) is 56.4 Å². The van der Waals surface area contributed by atoms with E-state index in [0.29, 0.717) is 17.5 Å². The van der Waals surface area contributed by atoms with Crippen LogP contribution in [0.4, 0.5) is 0 Å². The summed E-state index contributed by atoms with van der Waals surface area (Å²) in [5.41, 5.74) is 10.5. The Labute approximate surface area is 330 Å². The molecule has 0 atom stereocenters. The number of fused-ring (bicyclic) bond motifs is 8. The van der Waals surface area contributed by atoms with Crippen LogP contribution in [-0.4, -0.2) is 15.0 Å². The van der Waals surface area contributed by atoms with Gasteiger partial charge in [0.1, 0.15) is 23.0 Å². The zero-order valence-electron chi connectivity index (χ0n) is 30.7. The van der Waals surface area contributed by atoms with Gasteiger partial charge >= 0.3 is 0 Å². The Morgan fingerprint density at radius 2 is 0.614 bits per heavy atom. The predicted molar refractivity (Wildman–Crippen MR) is 225 cm³/mol. The molecule has 1 spiro atoms. The molecular formula is C52H33N3O2. The fourth-order valence-electron chi connectivity index (χ4n) is 8.46. The average Bonchev–Trinajstić information content (AvgIpc) is 3.29. The topological polar surface area (TPSA) is 57.1 Å². The molecule has 0 N–H and O–H groups in total. The van der Waals surface area contributed by atoms with Gasteiger partial charge in [-0.2, -0.15) is 0 Å². The van der Waals surface area contributed by atoms with E-state index in [1.807, 2.05) is 48.5 Å². The average molecular weight is 732 g/mol. The van der Waals surface area contributed by atoms with Gasteiger partial charge in [0.2, 0.25) is 0 Å². The molecule has 5 nitrogen and oxygen atoms in total. The summed E-state index contributed by atoms with van der Waals surface area (Å²) >= 11 is 0. The van der Waals surface area contributed by atoms with Crippen molar-refractivity contribution in [1.82, 2.24) is 15.0 Å². The van der Waals surface area contributed by atoms with Crippen LogP contribution in [0.2, 0.25) is 0 Å². The second-order valence-electron chi connectivity index (χ2n) is 14.4. The molecule has 268 valence electrons. The smallest absolute Gasteiger partial charge is 0.164 e. The first-order valence-corrected chi connectivity index (χ1v) is 19.1. The van der Waals surface area contributed by atoms with E-state index in [4.69, 9.17) is 24.4 Å². The highest BCUT2D eigenvalue weighted by molar-refractivity contribution is 5.79. The Morgan fingerprint density at radius 3 is 1.07 bits per heavy atom. The molecule has 8 aromatic carbocycles. The zero-order chi connectivity index (χ0) is 37.8. The van der Waals surface area contributed by atoms with Gasteiger partial charge in [-0.25, -0.2) is 15.0 Å². The van der Waals surface area contributed by atoms with Crippen molar-refractivity contribution in [2.45, 2.75) is 5.41 Å². The van der Waals surface area contributed by atoms with Crippen LogP contribution >= 0.6 is 0 Å². The van der Waals surface area contributed by atoms with Gasteiger partial charge in [0, 0.05) is 38.9 Å². The molecule has 11 rings (SSSR count). The Morgan fingerprint density at radius 1 is 0.263 bits per heavy atom.